The average molecular weight is 705 g/mol. The number of fused-ring (bicyclic) bond motifs is 1. The first-order chi connectivity index (χ1) is 22.1. The third kappa shape index (κ3) is 9.59. The van der Waals surface area contributed by atoms with Crippen molar-refractivity contribution in [1.29, 1.82) is 0 Å². The van der Waals surface area contributed by atoms with Gasteiger partial charge in [0.2, 0.25) is 19.5 Å². The molecular weight excluding hydrogens is 658 g/mol. The molecule has 2 aromatic rings. The van der Waals surface area contributed by atoms with E-state index in [2.05, 4.69) is 20.3 Å². The predicted molar refractivity (Wildman–Crippen MR) is 169 cm³/mol. The van der Waals surface area contributed by atoms with Crippen molar-refractivity contribution < 1.29 is 55.9 Å². The van der Waals surface area contributed by atoms with E-state index in [9.17, 15) is 18.9 Å². The Morgan fingerprint density at radius 3 is 2.12 bits per heavy atom. The maximum absolute atomic E-state index is 16.8. The molecule has 1 fully saturated rings. The summed E-state index contributed by atoms with van der Waals surface area (Å²) in [5, 5.41) is 2.85. The van der Waals surface area contributed by atoms with Crippen LogP contribution in [0.5, 0.6) is 0 Å². The molecule has 0 saturated carbocycles. The van der Waals surface area contributed by atoms with Crippen LogP contribution in [0.3, 0.4) is 0 Å². The number of esters is 3. The number of phosphoric acid groups is 1. The van der Waals surface area contributed by atoms with Gasteiger partial charge in [-0.1, -0.05) is 13.8 Å². The van der Waals surface area contributed by atoms with Gasteiger partial charge >= 0.3 is 25.7 Å². The highest BCUT2D eigenvalue weighted by Crippen LogP contribution is 2.52. The fraction of sp³-hybridized carbons (Fsp3) is 0.724. The molecule has 3 rings (SSSR count). The van der Waals surface area contributed by atoms with E-state index in [0.29, 0.717) is 0 Å². The van der Waals surface area contributed by atoms with Crippen LogP contribution in [0, 0.1) is 16.7 Å². The number of carbonyl (C=O) groups is 3. The SMILES string of the molecule is CNc1nc(N)nc2c1ncn2[C@@H]1O[C@H](COP(=O)(OCOC(=O)C(C)(C)C)OCOC(=O)C(C)(C)C)[C@@H](OC(=O)CC(C)C)[C@@]1(C)F. The molecule has 0 aromatic carbocycles. The number of imidazole rings is 1. The number of hydrogen-bond donors (Lipinski definition) is 2. The first kappa shape index (κ1) is 39.0. The molecule has 19 heteroatoms. The molecule has 4 atom stereocenters. The van der Waals surface area contributed by atoms with Crippen molar-refractivity contribution >= 4 is 48.7 Å². The average Bonchev–Trinajstić information content (AvgIpc) is 3.47. The van der Waals surface area contributed by atoms with Gasteiger partial charge in [0.25, 0.3) is 0 Å². The van der Waals surface area contributed by atoms with Gasteiger partial charge in [0.15, 0.2) is 35.0 Å². The number of rotatable bonds is 14. The van der Waals surface area contributed by atoms with Crippen molar-refractivity contribution in [1.82, 2.24) is 19.5 Å². The van der Waals surface area contributed by atoms with Crippen LogP contribution in [-0.4, -0.2) is 82.5 Å². The molecule has 2 aromatic heterocycles. The lowest BCUT2D eigenvalue weighted by Crippen LogP contribution is -2.44. The van der Waals surface area contributed by atoms with Crippen LogP contribution in [-0.2, 0) is 51.5 Å². The normalized spacial score (nSPS) is 21.8. The third-order valence-electron chi connectivity index (χ3n) is 6.87. The molecule has 1 aliphatic rings. The molecule has 270 valence electrons. The quantitative estimate of drug-likeness (QED) is 0.121. The summed E-state index contributed by atoms with van der Waals surface area (Å²) in [5.41, 5.74) is 1.99. The van der Waals surface area contributed by atoms with E-state index in [0.717, 1.165) is 6.92 Å². The van der Waals surface area contributed by atoms with E-state index in [4.69, 9.17) is 38.3 Å². The Labute approximate surface area is 278 Å². The minimum Gasteiger partial charge on any atom is -0.456 e. The molecule has 0 bridgehead atoms. The molecule has 48 heavy (non-hydrogen) atoms. The largest absolute Gasteiger partial charge is 0.480 e. The van der Waals surface area contributed by atoms with E-state index >= 15 is 4.39 Å². The minimum atomic E-state index is -4.71. The van der Waals surface area contributed by atoms with Crippen LogP contribution in [0.2, 0.25) is 0 Å². The topological polar surface area (TPSA) is 215 Å². The highest BCUT2D eigenvalue weighted by Gasteiger charge is 2.59. The van der Waals surface area contributed by atoms with Crippen molar-refractivity contribution in [2.45, 2.75) is 92.8 Å². The van der Waals surface area contributed by atoms with Gasteiger partial charge in [-0.25, -0.2) is 23.0 Å². The van der Waals surface area contributed by atoms with Gasteiger partial charge in [0, 0.05) is 13.5 Å². The molecule has 0 aliphatic carbocycles. The number of nitrogen functional groups attached to an aromatic ring is 1. The van der Waals surface area contributed by atoms with E-state index < -0.39 is 80.9 Å². The first-order valence-electron chi connectivity index (χ1n) is 15.2. The minimum absolute atomic E-state index is 0.0306. The number of alkyl halides is 1. The Morgan fingerprint density at radius 1 is 1.06 bits per heavy atom. The van der Waals surface area contributed by atoms with Crippen LogP contribution in [0.1, 0.15) is 75.0 Å². The second kappa shape index (κ2) is 15.0. The van der Waals surface area contributed by atoms with Gasteiger partial charge in [-0.15, -0.1) is 0 Å². The highest BCUT2D eigenvalue weighted by atomic mass is 31.2. The van der Waals surface area contributed by atoms with Gasteiger partial charge in [-0.3, -0.25) is 23.5 Å². The molecule has 1 saturated heterocycles. The smallest absolute Gasteiger partial charge is 0.456 e. The maximum atomic E-state index is 16.8. The second-order valence-electron chi connectivity index (χ2n) is 13.8. The summed E-state index contributed by atoms with van der Waals surface area (Å²) in [4.78, 5) is 49.8. The maximum Gasteiger partial charge on any atom is 0.480 e. The third-order valence-corrected chi connectivity index (χ3v) is 8.17. The van der Waals surface area contributed by atoms with Crippen LogP contribution in [0.15, 0.2) is 6.33 Å². The fourth-order valence-electron chi connectivity index (χ4n) is 4.33. The van der Waals surface area contributed by atoms with Crippen LogP contribution in [0.4, 0.5) is 16.2 Å². The number of aromatic nitrogens is 4. The van der Waals surface area contributed by atoms with Crippen LogP contribution < -0.4 is 11.1 Å². The lowest BCUT2D eigenvalue weighted by molar-refractivity contribution is -0.163. The molecule has 0 radical (unpaired) electrons. The number of nitrogens with two attached hydrogens (primary N) is 1. The van der Waals surface area contributed by atoms with Crippen molar-refractivity contribution in [2.75, 3.05) is 38.3 Å². The second-order valence-corrected chi connectivity index (χ2v) is 15.5. The van der Waals surface area contributed by atoms with Crippen molar-refractivity contribution in [2.24, 2.45) is 16.7 Å². The number of halogens is 1. The van der Waals surface area contributed by atoms with E-state index in [-0.39, 0.29) is 35.3 Å². The monoisotopic (exact) mass is 704 g/mol. The van der Waals surface area contributed by atoms with E-state index in [1.54, 1.807) is 62.4 Å². The summed E-state index contributed by atoms with van der Waals surface area (Å²) in [6, 6.07) is 0. The van der Waals surface area contributed by atoms with Crippen LogP contribution in [0.25, 0.3) is 11.2 Å². The van der Waals surface area contributed by atoms with Gasteiger partial charge in [0.1, 0.15) is 6.10 Å². The predicted octanol–water partition coefficient (Wildman–Crippen LogP) is 4.29. The van der Waals surface area contributed by atoms with E-state index in [1.807, 2.05) is 0 Å². The van der Waals surface area contributed by atoms with Gasteiger partial charge in [0.05, 0.1) is 23.8 Å². The van der Waals surface area contributed by atoms with E-state index in [1.165, 1.54) is 10.9 Å². The van der Waals surface area contributed by atoms with Crippen molar-refractivity contribution in [3.05, 3.63) is 6.33 Å². The Bertz CT molecular complexity index is 1490. The highest BCUT2D eigenvalue weighted by molar-refractivity contribution is 7.48. The number of nitrogens with zero attached hydrogens (tertiary/aromatic N) is 4. The van der Waals surface area contributed by atoms with Gasteiger partial charge in [-0.2, -0.15) is 9.97 Å². The summed E-state index contributed by atoms with van der Waals surface area (Å²) >= 11 is 0. The molecule has 1 aliphatic heterocycles. The first-order valence-corrected chi connectivity index (χ1v) is 16.6. The summed E-state index contributed by atoms with van der Waals surface area (Å²) in [6.07, 6.45) is -3.29. The number of phosphoric ester groups is 1. The standard InChI is InChI=1S/C29H46FN6O11P/c1-16(2)11-18(37)47-20-17(46-23(29(20,9)30)36-13-33-19-21(32-10)34-26(31)35-22(19)36)12-43-48(40,44-14-41-24(38)27(3,4)5)45-15-42-25(39)28(6,7)8/h13,16-17,20,23H,11-12,14-15H2,1-10H3,(H3,31,32,34,35)/t17-,20-,23-,29-/m1/s1. The number of hydrogen-bond acceptors (Lipinski definition) is 16. The Hall–Kier alpha value is -3.44. The molecule has 0 spiro atoms. The van der Waals surface area contributed by atoms with Crippen molar-refractivity contribution in [3.63, 3.8) is 0 Å². The Balaban J connectivity index is 1.92. The molecule has 3 N–H and O–H groups in total. The molecular formula is C29H46FN6O11P. The summed E-state index contributed by atoms with van der Waals surface area (Å²) < 4.78 is 69.4. The number of carbonyl (C=O) groups excluding carboxylic acids is 3. The Morgan fingerprint density at radius 2 is 1.62 bits per heavy atom. The number of ether oxygens (including phenoxy) is 4. The lowest BCUT2D eigenvalue weighted by Gasteiger charge is -2.28. The number of anilines is 2. The molecule has 0 unspecified atom stereocenters. The van der Waals surface area contributed by atoms with Gasteiger partial charge < -0.3 is 30.0 Å². The molecule has 0 amide bonds. The fourth-order valence-corrected chi connectivity index (χ4v) is 5.25. The zero-order chi connectivity index (χ0) is 36.2. The summed E-state index contributed by atoms with van der Waals surface area (Å²) in [7, 11) is -3.12. The van der Waals surface area contributed by atoms with Crippen molar-refractivity contribution in [3.8, 4) is 0 Å². The summed E-state index contributed by atoms with van der Waals surface area (Å²) in [6.45, 7) is 11.9. The zero-order valence-corrected chi connectivity index (χ0v) is 29.8. The molecule has 17 nitrogen and oxygen atoms in total. The lowest BCUT2D eigenvalue weighted by atomic mass is 9.98. The van der Waals surface area contributed by atoms with Gasteiger partial charge in [-0.05, 0) is 54.4 Å². The molecule has 3 heterocycles. The zero-order valence-electron chi connectivity index (χ0n) is 28.9. The summed E-state index contributed by atoms with van der Waals surface area (Å²) in [5.74, 6) is -2.03. The van der Waals surface area contributed by atoms with Crippen LogP contribution >= 0.6 is 7.82 Å². The number of nitrogens with one attached hydrogen (secondary N) is 1. The Kier molecular flexibility index (Phi) is 12.2.